The number of ether oxygens (including phenoxy) is 2. The molecule has 0 unspecified atom stereocenters. The predicted octanol–water partition coefficient (Wildman–Crippen LogP) is 5.41. The third kappa shape index (κ3) is 5.39. The van der Waals surface area contributed by atoms with Gasteiger partial charge in [0.25, 0.3) is 0 Å². The first-order chi connectivity index (χ1) is 14.1. The molecule has 0 aliphatic carbocycles. The summed E-state index contributed by atoms with van der Waals surface area (Å²) in [7, 11) is 3.19. The molecule has 5 nitrogen and oxygen atoms in total. The number of rotatable bonds is 7. The van der Waals surface area contributed by atoms with E-state index in [0.717, 1.165) is 16.9 Å². The number of hydrogen-bond donors (Lipinski definition) is 2. The van der Waals surface area contributed by atoms with Crippen LogP contribution in [-0.2, 0) is 4.79 Å². The van der Waals surface area contributed by atoms with Crippen molar-refractivity contribution in [3.05, 3.63) is 83.9 Å². The van der Waals surface area contributed by atoms with Gasteiger partial charge in [0.15, 0.2) is 0 Å². The highest BCUT2D eigenvalue weighted by molar-refractivity contribution is 6.04. The van der Waals surface area contributed by atoms with Gasteiger partial charge in [0.05, 0.1) is 25.6 Å². The lowest BCUT2D eigenvalue weighted by molar-refractivity contribution is -0.111. The van der Waals surface area contributed by atoms with Gasteiger partial charge in [0, 0.05) is 17.3 Å². The highest BCUT2D eigenvalue weighted by atomic mass is 16.5. The SMILES string of the molecule is COc1ccc(OC)c(/C=C/C(=O)Nc2ccccc2Nc2ccc(C)cc2)c1. The van der Waals surface area contributed by atoms with Gasteiger partial charge in [-0.1, -0.05) is 29.8 Å². The van der Waals surface area contributed by atoms with E-state index in [0.29, 0.717) is 17.2 Å². The standard InChI is InChI=1S/C24H24N2O3/c1-17-8-11-19(12-9-17)25-21-6-4-5-7-22(21)26-24(27)15-10-18-16-20(28-2)13-14-23(18)29-3/h4-16,25H,1-3H3,(H,26,27)/b15-10+. The van der Waals surface area contributed by atoms with Crippen molar-refractivity contribution in [2.75, 3.05) is 24.9 Å². The Morgan fingerprint density at radius 2 is 1.62 bits per heavy atom. The second-order valence-corrected chi connectivity index (χ2v) is 6.47. The van der Waals surface area contributed by atoms with Crippen LogP contribution in [0, 0.1) is 6.92 Å². The van der Waals surface area contributed by atoms with Gasteiger partial charge in [-0.3, -0.25) is 4.79 Å². The van der Waals surface area contributed by atoms with E-state index in [1.165, 1.54) is 11.6 Å². The molecular weight excluding hydrogens is 364 g/mol. The number of carbonyl (C=O) groups excluding carboxylic acids is 1. The van der Waals surface area contributed by atoms with E-state index < -0.39 is 0 Å². The number of anilines is 3. The highest BCUT2D eigenvalue weighted by Gasteiger charge is 2.06. The molecule has 0 aromatic heterocycles. The highest BCUT2D eigenvalue weighted by Crippen LogP contribution is 2.27. The molecule has 0 aliphatic heterocycles. The summed E-state index contributed by atoms with van der Waals surface area (Å²) in [5.74, 6) is 1.11. The van der Waals surface area contributed by atoms with Crippen molar-refractivity contribution in [2.45, 2.75) is 6.92 Å². The molecular formula is C24H24N2O3. The number of methoxy groups -OCH3 is 2. The van der Waals surface area contributed by atoms with E-state index in [9.17, 15) is 4.79 Å². The molecule has 29 heavy (non-hydrogen) atoms. The normalized spacial score (nSPS) is 10.6. The Bertz CT molecular complexity index is 1010. The van der Waals surface area contributed by atoms with Gasteiger partial charge >= 0.3 is 0 Å². The zero-order chi connectivity index (χ0) is 20.6. The van der Waals surface area contributed by atoms with Crippen LogP contribution in [0.4, 0.5) is 17.1 Å². The van der Waals surface area contributed by atoms with E-state index in [2.05, 4.69) is 10.6 Å². The lowest BCUT2D eigenvalue weighted by Gasteiger charge is -2.12. The molecule has 0 aliphatic rings. The monoisotopic (exact) mass is 388 g/mol. The lowest BCUT2D eigenvalue weighted by atomic mass is 10.1. The number of carbonyl (C=O) groups is 1. The summed E-state index contributed by atoms with van der Waals surface area (Å²) in [6.45, 7) is 2.04. The van der Waals surface area contributed by atoms with E-state index >= 15 is 0 Å². The Balaban J connectivity index is 1.74. The average Bonchev–Trinajstić information content (AvgIpc) is 2.75. The van der Waals surface area contributed by atoms with Crippen LogP contribution in [-0.4, -0.2) is 20.1 Å². The zero-order valence-electron chi connectivity index (χ0n) is 16.7. The minimum Gasteiger partial charge on any atom is -0.497 e. The van der Waals surface area contributed by atoms with Crippen molar-refractivity contribution < 1.29 is 14.3 Å². The molecule has 5 heteroatoms. The van der Waals surface area contributed by atoms with E-state index in [1.807, 2.05) is 67.6 Å². The lowest BCUT2D eigenvalue weighted by Crippen LogP contribution is -2.09. The van der Waals surface area contributed by atoms with Gasteiger partial charge in [-0.15, -0.1) is 0 Å². The molecule has 2 N–H and O–H groups in total. The molecule has 3 rings (SSSR count). The molecule has 0 saturated carbocycles. The van der Waals surface area contributed by atoms with Crippen LogP contribution in [0.2, 0.25) is 0 Å². The summed E-state index contributed by atoms with van der Waals surface area (Å²) in [5, 5.41) is 6.26. The van der Waals surface area contributed by atoms with Crippen molar-refractivity contribution in [3.63, 3.8) is 0 Å². The maximum Gasteiger partial charge on any atom is 0.248 e. The van der Waals surface area contributed by atoms with Gasteiger partial charge in [-0.2, -0.15) is 0 Å². The third-order valence-corrected chi connectivity index (χ3v) is 4.37. The van der Waals surface area contributed by atoms with Gasteiger partial charge < -0.3 is 20.1 Å². The van der Waals surface area contributed by atoms with E-state index in [1.54, 1.807) is 26.4 Å². The summed E-state index contributed by atoms with van der Waals surface area (Å²) in [6, 6.07) is 21.1. The van der Waals surface area contributed by atoms with Crippen LogP contribution in [0.25, 0.3) is 6.08 Å². The van der Waals surface area contributed by atoms with Gasteiger partial charge in [-0.05, 0) is 55.5 Å². The molecule has 0 spiro atoms. The predicted molar refractivity (Wildman–Crippen MR) is 118 cm³/mol. The van der Waals surface area contributed by atoms with Crippen molar-refractivity contribution in [1.82, 2.24) is 0 Å². The minimum absolute atomic E-state index is 0.243. The first kappa shape index (κ1) is 20.0. The van der Waals surface area contributed by atoms with E-state index in [-0.39, 0.29) is 5.91 Å². The summed E-state index contributed by atoms with van der Waals surface area (Å²) < 4.78 is 10.6. The first-order valence-electron chi connectivity index (χ1n) is 9.23. The summed E-state index contributed by atoms with van der Waals surface area (Å²) >= 11 is 0. The molecule has 0 radical (unpaired) electrons. The summed E-state index contributed by atoms with van der Waals surface area (Å²) in [5.41, 5.74) is 4.41. The molecule has 3 aromatic carbocycles. The van der Waals surface area contributed by atoms with Crippen LogP contribution < -0.4 is 20.1 Å². The third-order valence-electron chi connectivity index (χ3n) is 4.37. The average molecular weight is 388 g/mol. The van der Waals surface area contributed by atoms with Crippen LogP contribution >= 0.6 is 0 Å². The van der Waals surface area contributed by atoms with Gasteiger partial charge in [0.1, 0.15) is 11.5 Å². The molecule has 0 atom stereocenters. The number of aryl methyl sites for hydroxylation is 1. The molecule has 0 fully saturated rings. The number of para-hydroxylation sites is 2. The smallest absolute Gasteiger partial charge is 0.248 e. The number of hydrogen-bond acceptors (Lipinski definition) is 4. The topological polar surface area (TPSA) is 59.6 Å². The molecule has 1 amide bonds. The maximum absolute atomic E-state index is 12.5. The molecule has 0 heterocycles. The fourth-order valence-electron chi connectivity index (χ4n) is 2.80. The fraction of sp³-hybridized carbons (Fsp3) is 0.125. The van der Waals surface area contributed by atoms with Crippen LogP contribution in [0.3, 0.4) is 0 Å². The zero-order valence-corrected chi connectivity index (χ0v) is 16.7. The Labute approximate surface area is 171 Å². The second-order valence-electron chi connectivity index (χ2n) is 6.47. The maximum atomic E-state index is 12.5. The minimum atomic E-state index is -0.243. The van der Waals surface area contributed by atoms with Crippen molar-refractivity contribution in [2.24, 2.45) is 0 Å². The van der Waals surface area contributed by atoms with E-state index in [4.69, 9.17) is 9.47 Å². The second kappa shape index (κ2) is 9.46. The number of amides is 1. The van der Waals surface area contributed by atoms with Crippen LogP contribution in [0.15, 0.2) is 72.8 Å². The largest absolute Gasteiger partial charge is 0.497 e. The Kier molecular flexibility index (Phi) is 6.53. The number of nitrogens with one attached hydrogen (secondary N) is 2. The Hall–Kier alpha value is -3.73. The fourth-order valence-corrected chi connectivity index (χ4v) is 2.80. The summed E-state index contributed by atoms with van der Waals surface area (Å²) in [4.78, 5) is 12.5. The van der Waals surface area contributed by atoms with Crippen molar-refractivity contribution in [3.8, 4) is 11.5 Å². The van der Waals surface area contributed by atoms with Crippen molar-refractivity contribution >= 4 is 29.0 Å². The molecule has 3 aromatic rings. The van der Waals surface area contributed by atoms with Crippen molar-refractivity contribution in [1.29, 1.82) is 0 Å². The van der Waals surface area contributed by atoms with Crippen LogP contribution in [0.1, 0.15) is 11.1 Å². The van der Waals surface area contributed by atoms with Crippen LogP contribution in [0.5, 0.6) is 11.5 Å². The quantitative estimate of drug-likeness (QED) is 0.532. The molecule has 0 bridgehead atoms. The molecule has 148 valence electrons. The molecule has 0 saturated heterocycles. The number of benzene rings is 3. The first-order valence-corrected chi connectivity index (χ1v) is 9.23. The van der Waals surface area contributed by atoms with Gasteiger partial charge in [0.2, 0.25) is 5.91 Å². The Morgan fingerprint density at radius 3 is 2.31 bits per heavy atom. The van der Waals surface area contributed by atoms with Gasteiger partial charge in [-0.25, -0.2) is 0 Å². The Morgan fingerprint density at radius 1 is 0.897 bits per heavy atom. The summed E-state index contributed by atoms with van der Waals surface area (Å²) in [6.07, 6.45) is 3.17.